The molecule has 3 N–H and O–H groups in total. The van der Waals surface area contributed by atoms with Crippen LogP contribution < -0.4 is 15.8 Å². The fourth-order valence-electron chi connectivity index (χ4n) is 3.76. The number of benzene rings is 3. The first-order valence-electron chi connectivity index (χ1n) is 11.2. The molecule has 0 saturated heterocycles. The van der Waals surface area contributed by atoms with Gasteiger partial charge in [0.1, 0.15) is 29.5 Å². The molecule has 0 aliphatic rings. The Kier molecular flexibility index (Phi) is 6.48. The highest BCUT2D eigenvalue weighted by Gasteiger charge is 2.11. The number of rotatable bonds is 8. The van der Waals surface area contributed by atoms with Crippen LogP contribution in [0.2, 0.25) is 0 Å². The van der Waals surface area contributed by atoms with Crippen molar-refractivity contribution in [3.63, 3.8) is 0 Å². The number of nitrogens with one attached hydrogen (secondary N) is 1. The quantitative estimate of drug-likeness (QED) is 0.277. The van der Waals surface area contributed by atoms with E-state index in [0.717, 1.165) is 27.9 Å². The first-order valence-corrected chi connectivity index (χ1v) is 11.2. The van der Waals surface area contributed by atoms with E-state index in [4.69, 9.17) is 10.5 Å². The Bertz CT molecular complexity index is 1530. The minimum atomic E-state index is -0.265. The van der Waals surface area contributed by atoms with Gasteiger partial charge in [0.25, 0.3) is 0 Å². The van der Waals surface area contributed by atoms with Crippen LogP contribution in [0.5, 0.6) is 5.75 Å². The summed E-state index contributed by atoms with van der Waals surface area (Å²) in [6.45, 7) is 0.675. The van der Waals surface area contributed by atoms with Gasteiger partial charge in [0.2, 0.25) is 0 Å². The van der Waals surface area contributed by atoms with Crippen molar-refractivity contribution >= 4 is 33.9 Å². The highest BCUT2D eigenvalue weighted by molar-refractivity contribution is 5.83. The molecule has 0 aliphatic carbocycles. The third kappa shape index (κ3) is 5.12. The van der Waals surface area contributed by atoms with E-state index in [1.54, 1.807) is 19.4 Å². The molecule has 2 aromatic heterocycles. The molecule has 0 unspecified atom stereocenters. The number of nitrogen functional groups attached to an aromatic ring is 1. The summed E-state index contributed by atoms with van der Waals surface area (Å²) < 4.78 is 20.5. The summed E-state index contributed by atoms with van der Waals surface area (Å²) in [5, 5.41) is 17.2. The monoisotopic (exact) mass is 482 g/mol. The van der Waals surface area contributed by atoms with Gasteiger partial charge >= 0.3 is 0 Å². The Balaban J connectivity index is 1.33. The van der Waals surface area contributed by atoms with Gasteiger partial charge in [0.05, 0.1) is 43.2 Å². The van der Waals surface area contributed by atoms with Gasteiger partial charge in [-0.3, -0.25) is 4.68 Å². The standard InChI is InChI=1S/C26H23FN8O/c1-36-22-8-5-20(6-9-22)34-31-14-23-25(28)29-16-30-26(23)33-21-7-10-24-18(12-21)13-32-35(24)15-17-3-2-4-19(27)11-17/h2-13,16H,14-15H2,1H3,(H3,28,29,30,33). The fraction of sp³-hybridized carbons (Fsp3) is 0.115. The molecule has 0 bridgehead atoms. The Hall–Kier alpha value is -4.86. The van der Waals surface area contributed by atoms with Crippen molar-refractivity contribution in [1.82, 2.24) is 19.7 Å². The molecule has 180 valence electrons. The molecule has 0 atom stereocenters. The highest BCUT2D eigenvalue weighted by Crippen LogP contribution is 2.26. The number of fused-ring (bicyclic) bond motifs is 1. The van der Waals surface area contributed by atoms with E-state index in [2.05, 4.69) is 30.6 Å². The lowest BCUT2D eigenvalue weighted by molar-refractivity contribution is 0.415. The molecule has 0 aliphatic heterocycles. The second-order valence-electron chi connectivity index (χ2n) is 8.01. The summed E-state index contributed by atoms with van der Waals surface area (Å²) in [4.78, 5) is 8.45. The van der Waals surface area contributed by atoms with E-state index >= 15 is 0 Å². The number of methoxy groups -OCH3 is 1. The summed E-state index contributed by atoms with van der Waals surface area (Å²) in [7, 11) is 1.61. The normalized spacial score (nSPS) is 11.3. The van der Waals surface area contributed by atoms with Crippen molar-refractivity contribution in [2.24, 2.45) is 10.2 Å². The van der Waals surface area contributed by atoms with Crippen LogP contribution in [0.4, 0.5) is 27.4 Å². The predicted octanol–water partition coefficient (Wildman–Crippen LogP) is 5.63. The van der Waals surface area contributed by atoms with E-state index in [9.17, 15) is 4.39 Å². The maximum Gasteiger partial charge on any atom is 0.141 e. The SMILES string of the molecule is COc1ccc(N=NCc2c(N)ncnc2Nc2ccc3c(cnn3Cc3cccc(F)c3)c2)cc1. The van der Waals surface area contributed by atoms with Crippen molar-refractivity contribution in [2.75, 3.05) is 18.2 Å². The number of hydrogen-bond donors (Lipinski definition) is 2. The molecule has 3 aromatic carbocycles. The number of anilines is 3. The van der Waals surface area contributed by atoms with Crippen LogP contribution in [-0.2, 0) is 13.1 Å². The molecular weight excluding hydrogens is 459 g/mol. The van der Waals surface area contributed by atoms with Gasteiger partial charge in [-0.15, -0.1) is 0 Å². The van der Waals surface area contributed by atoms with Crippen LogP contribution >= 0.6 is 0 Å². The molecule has 0 spiro atoms. The lowest BCUT2D eigenvalue weighted by atomic mass is 10.2. The topological polar surface area (TPSA) is 116 Å². The molecule has 0 saturated carbocycles. The summed E-state index contributed by atoms with van der Waals surface area (Å²) >= 11 is 0. The van der Waals surface area contributed by atoms with Crippen molar-refractivity contribution in [3.05, 3.63) is 96.2 Å². The zero-order valence-electron chi connectivity index (χ0n) is 19.5. The number of nitrogens with two attached hydrogens (primary N) is 1. The lowest BCUT2D eigenvalue weighted by Crippen LogP contribution is -2.05. The van der Waals surface area contributed by atoms with Crippen LogP contribution in [0, 0.1) is 5.82 Å². The van der Waals surface area contributed by atoms with Crippen molar-refractivity contribution < 1.29 is 9.13 Å². The summed E-state index contributed by atoms with van der Waals surface area (Å²) in [6, 6.07) is 19.6. The minimum absolute atomic E-state index is 0.203. The van der Waals surface area contributed by atoms with Gasteiger partial charge in [0.15, 0.2) is 0 Å². The van der Waals surface area contributed by atoms with E-state index in [1.165, 1.54) is 18.5 Å². The van der Waals surface area contributed by atoms with Gasteiger partial charge in [-0.1, -0.05) is 12.1 Å². The number of nitrogens with zero attached hydrogens (tertiary/aromatic N) is 6. The van der Waals surface area contributed by atoms with Gasteiger partial charge in [0, 0.05) is 11.1 Å². The minimum Gasteiger partial charge on any atom is -0.497 e. The van der Waals surface area contributed by atoms with Crippen LogP contribution in [0.15, 0.2) is 89.5 Å². The molecule has 5 rings (SSSR count). The Labute approximate surface area is 206 Å². The smallest absolute Gasteiger partial charge is 0.141 e. The van der Waals surface area contributed by atoms with Gasteiger partial charge < -0.3 is 15.8 Å². The molecule has 10 heteroatoms. The number of hydrogen-bond acceptors (Lipinski definition) is 8. The number of ether oxygens (including phenoxy) is 1. The number of halogens is 1. The average Bonchev–Trinajstić information content (AvgIpc) is 3.28. The third-order valence-corrected chi connectivity index (χ3v) is 5.59. The van der Waals surface area contributed by atoms with Gasteiger partial charge in [-0.2, -0.15) is 15.3 Å². The highest BCUT2D eigenvalue weighted by atomic mass is 19.1. The second kappa shape index (κ2) is 10.2. The Morgan fingerprint density at radius 3 is 2.72 bits per heavy atom. The second-order valence-corrected chi connectivity index (χ2v) is 8.01. The Morgan fingerprint density at radius 2 is 1.92 bits per heavy atom. The molecule has 5 aromatic rings. The summed E-state index contributed by atoms with van der Waals surface area (Å²) in [6.07, 6.45) is 3.18. The number of aromatic nitrogens is 4. The fourth-order valence-corrected chi connectivity index (χ4v) is 3.76. The van der Waals surface area contributed by atoms with Crippen molar-refractivity contribution in [3.8, 4) is 5.75 Å². The lowest BCUT2D eigenvalue weighted by Gasteiger charge is -2.11. The van der Waals surface area contributed by atoms with Crippen molar-refractivity contribution in [2.45, 2.75) is 13.1 Å². The van der Waals surface area contributed by atoms with E-state index in [-0.39, 0.29) is 12.4 Å². The first-order chi connectivity index (χ1) is 17.6. The molecular formula is C26H23FN8O. The molecule has 2 heterocycles. The van der Waals surface area contributed by atoms with E-state index < -0.39 is 0 Å². The third-order valence-electron chi connectivity index (χ3n) is 5.59. The molecule has 0 amide bonds. The molecule has 36 heavy (non-hydrogen) atoms. The molecule has 0 radical (unpaired) electrons. The van der Waals surface area contributed by atoms with Crippen LogP contribution in [0.1, 0.15) is 11.1 Å². The maximum absolute atomic E-state index is 13.5. The van der Waals surface area contributed by atoms with Crippen LogP contribution in [-0.4, -0.2) is 26.9 Å². The van der Waals surface area contributed by atoms with E-state index in [0.29, 0.717) is 29.4 Å². The molecule has 0 fully saturated rings. The number of azo groups is 1. The Morgan fingerprint density at radius 1 is 1.06 bits per heavy atom. The first kappa shape index (κ1) is 22.9. The maximum atomic E-state index is 13.5. The predicted molar refractivity (Wildman–Crippen MR) is 136 cm³/mol. The van der Waals surface area contributed by atoms with E-state index in [1.807, 2.05) is 53.2 Å². The van der Waals surface area contributed by atoms with Gasteiger partial charge in [-0.05, 0) is 60.2 Å². The van der Waals surface area contributed by atoms with Crippen molar-refractivity contribution in [1.29, 1.82) is 0 Å². The van der Waals surface area contributed by atoms with Crippen LogP contribution in [0.3, 0.4) is 0 Å². The van der Waals surface area contributed by atoms with Crippen LogP contribution in [0.25, 0.3) is 10.9 Å². The average molecular weight is 483 g/mol. The zero-order valence-corrected chi connectivity index (χ0v) is 19.5. The van der Waals surface area contributed by atoms with Gasteiger partial charge in [-0.25, -0.2) is 14.4 Å². The zero-order chi connectivity index (χ0) is 24.9. The largest absolute Gasteiger partial charge is 0.497 e. The summed E-state index contributed by atoms with van der Waals surface area (Å²) in [5.41, 5.74) is 10.0. The summed E-state index contributed by atoms with van der Waals surface area (Å²) in [5.74, 6) is 1.35. The molecule has 9 nitrogen and oxygen atoms in total.